The zero-order chi connectivity index (χ0) is 24.3. The van der Waals surface area contributed by atoms with Crippen LogP contribution in [-0.4, -0.2) is 33.5 Å². The van der Waals surface area contributed by atoms with Gasteiger partial charge in [0.1, 0.15) is 23.8 Å². The summed E-state index contributed by atoms with van der Waals surface area (Å²) in [6.07, 6.45) is -0.328. The molecular weight excluding hydrogens is 442 g/mol. The molecule has 2 heterocycles. The maximum absolute atomic E-state index is 12.3. The summed E-state index contributed by atoms with van der Waals surface area (Å²) in [7, 11) is 0. The zero-order valence-electron chi connectivity index (χ0n) is 19.1. The summed E-state index contributed by atoms with van der Waals surface area (Å²) in [5, 5.41) is 10.8. The van der Waals surface area contributed by atoms with Gasteiger partial charge in [0.05, 0.1) is 12.7 Å². The highest BCUT2D eigenvalue weighted by Crippen LogP contribution is 2.41. The Morgan fingerprint density at radius 2 is 1.43 bits per heavy atom. The van der Waals surface area contributed by atoms with Crippen molar-refractivity contribution >= 4 is 5.82 Å². The average Bonchev–Trinajstić information content (AvgIpc) is 3.26. The van der Waals surface area contributed by atoms with E-state index in [0.29, 0.717) is 0 Å². The molecule has 1 fully saturated rings. The summed E-state index contributed by atoms with van der Waals surface area (Å²) >= 11 is 0. The molecule has 3 N–H and O–H groups in total. The first-order chi connectivity index (χ1) is 17.1. The Morgan fingerprint density at radius 1 is 0.914 bits per heavy atom. The number of benzene rings is 3. The highest BCUT2D eigenvalue weighted by atomic mass is 16.6. The fourth-order valence-corrected chi connectivity index (χ4v) is 4.66. The minimum absolute atomic E-state index is 0.105. The summed E-state index contributed by atoms with van der Waals surface area (Å²) < 4.78 is 14.2. The van der Waals surface area contributed by atoms with Gasteiger partial charge < -0.3 is 20.3 Å². The van der Waals surface area contributed by atoms with Crippen molar-refractivity contribution < 1.29 is 14.6 Å². The molecule has 0 saturated carbocycles. The number of nitrogen functional groups attached to an aromatic ring is 1. The van der Waals surface area contributed by atoms with Crippen molar-refractivity contribution in [3.8, 4) is 0 Å². The quantitative estimate of drug-likeness (QED) is 0.402. The monoisotopic (exact) mass is 469 g/mol. The number of anilines is 1. The first-order valence-electron chi connectivity index (χ1n) is 11.6. The van der Waals surface area contributed by atoms with Crippen LogP contribution in [0.4, 0.5) is 5.82 Å². The zero-order valence-corrected chi connectivity index (χ0v) is 19.1. The van der Waals surface area contributed by atoms with Gasteiger partial charge in [-0.15, -0.1) is 0 Å². The number of aliphatic hydroxyl groups is 1. The van der Waals surface area contributed by atoms with Crippen molar-refractivity contribution in [3.05, 3.63) is 130 Å². The molecule has 35 heavy (non-hydrogen) atoms. The van der Waals surface area contributed by atoms with Gasteiger partial charge in [-0.1, -0.05) is 91.0 Å². The van der Waals surface area contributed by atoms with Crippen LogP contribution in [0, 0.1) is 0 Å². The molecular formula is C28H27N3O4. The fraction of sp³-hybridized carbons (Fsp3) is 0.214. The Kier molecular flexibility index (Phi) is 6.46. The van der Waals surface area contributed by atoms with Crippen LogP contribution >= 0.6 is 0 Å². The van der Waals surface area contributed by atoms with Crippen LogP contribution in [-0.2, 0) is 15.1 Å². The molecule has 0 radical (unpaired) electrons. The van der Waals surface area contributed by atoms with Crippen molar-refractivity contribution in [2.75, 3.05) is 12.3 Å². The molecule has 7 heteroatoms. The van der Waals surface area contributed by atoms with Crippen LogP contribution in [0.5, 0.6) is 0 Å². The number of nitrogens with two attached hydrogens (primary N) is 1. The van der Waals surface area contributed by atoms with Crippen LogP contribution in [0.2, 0.25) is 0 Å². The fourth-order valence-electron chi connectivity index (χ4n) is 4.66. The summed E-state index contributed by atoms with van der Waals surface area (Å²) in [6.45, 7) is 0.105. The molecule has 1 saturated heterocycles. The van der Waals surface area contributed by atoms with Crippen LogP contribution in [0.15, 0.2) is 108 Å². The summed E-state index contributed by atoms with van der Waals surface area (Å²) in [4.78, 5) is 16.1. The van der Waals surface area contributed by atoms with Gasteiger partial charge in [-0.3, -0.25) is 4.57 Å². The van der Waals surface area contributed by atoms with Crippen LogP contribution in [0.3, 0.4) is 0 Å². The van der Waals surface area contributed by atoms with E-state index in [4.69, 9.17) is 15.2 Å². The number of aromatic nitrogens is 2. The van der Waals surface area contributed by atoms with Gasteiger partial charge in [-0.2, -0.15) is 4.98 Å². The SMILES string of the molecule is Nc1ccn([C@@H]2C[C@@H](O)[C@@H](COC(c3ccccc3)(c3ccccc3)c3ccccc3)O2)c(=O)n1. The van der Waals surface area contributed by atoms with E-state index in [-0.39, 0.29) is 18.8 Å². The lowest BCUT2D eigenvalue weighted by atomic mass is 9.80. The van der Waals surface area contributed by atoms with Gasteiger partial charge in [0.25, 0.3) is 0 Å². The van der Waals surface area contributed by atoms with Gasteiger partial charge in [0.15, 0.2) is 0 Å². The minimum Gasteiger partial charge on any atom is -0.390 e. The molecule has 0 unspecified atom stereocenters. The van der Waals surface area contributed by atoms with Gasteiger partial charge in [0.2, 0.25) is 0 Å². The van der Waals surface area contributed by atoms with Crippen molar-refractivity contribution in [1.29, 1.82) is 0 Å². The van der Waals surface area contributed by atoms with Crippen molar-refractivity contribution in [2.45, 2.75) is 30.5 Å². The predicted octanol–water partition coefficient (Wildman–Crippen LogP) is 3.48. The molecule has 1 aliphatic heterocycles. The third-order valence-corrected chi connectivity index (χ3v) is 6.37. The Hall–Kier alpha value is -3.78. The van der Waals surface area contributed by atoms with E-state index in [9.17, 15) is 9.90 Å². The van der Waals surface area contributed by atoms with Crippen LogP contribution in [0.1, 0.15) is 29.3 Å². The molecule has 3 atom stereocenters. The van der Waals surface area contributed by atoms with Crippen LogP contribution < -0.4 is 11.4 Å². The van der Waals surface area contributed by atoms with E-state index in [0.717, 1.165) is 16.7 Å². The van der Waals surface area contributed by atoms with Gasteiger partial charge in [0, 0.05) is 12.6 Å². The number of hydrogen-bond donors (Lipinski definition) is 2. The third kappa shape index (κ3) is 4.49. The van der Waals surface area contributed by atoms with Crippen LogP contribution in [0.25, 0.3) is 0 Å². The first kappa shape index (κ1) is 23.0. The number of nitrogens with zero attached hydrogens (tertiary/aromatic N) is 2. The lowest BCUT2D eigenvalue weighted by molar-refractivity contribution is -0.0943. The molecule has 5 rings (SSSR count). The van der Waals surface area contributed by atoms with Crippen molar-refractivity contribution in [3.63, 3.8) is 0 Å². The average molecular weight is 470 g/mol. The molecule has 0 spiro atoms. The molecule has 0 aliphatic carbocycles. The van der Waals surface area contributed by atoms with Crippen molar-refractivity contribution in [2.24, 2.45) is 0 Å². The number of rotatable bonds is 7. The first-order valence-corrected chi connectivity index (χ1v) is 11.6. The molecule has 178 valence electrons. The normalized spacial score (nSPS) is 20.1. The minimum atomic E-state index is -0.926. The highest BCUT2D eigenvalue weighted by molar-refractivity contribution is 5.47. The van der Waals surface area contributed by atoms with E-state index >= 15 is 0 Å². The Morgan fingerprint density at radius 3 is 1.91 bits per heavy atom. The largest absolute Gasteiger partial charge is 0.390 e. The molecule has 4 aromatic rings. The second kappa shape index (κ2) is 9.84. The smallest absolute Gasteiger partial charge is 0.351 e. The lowest BCUT2D eigenvalue weighted by Crippen LogP contribution is -2.38. The highest BCUT2D eigenvalue weighted by Gasteiger charge is 2.41. The maximum atomic E-state index is 12.3. The van der Waals surface area contributed by atoms with Gasteiger partial charge in [-0.05, 0) is 22.8 Å². The topological polar surface area (TPSA) is 99.6 Å². The number of ether oxygens (including phenoxy) is 2. The third-order valence-electron chi connectivity index (χ3n) is 6.37. The standard InChI is InChI=1S/C28H27N3O4/c29-25-16-17-31(27(33)30-25)26-18-23(32)24(35-26)19-34-28(20-10-4-1-5-11-20,21-12-6-2-7-13-21)22-14-8-3-9-15-22/h1-17,23-24,26,32H,18-19H2,(H2,29,30,33)/t23-,24-,26+/m1/s1. The van der Waals surface area contributed by atoms with Gasteiger partial charge in [-0.25, -0.2) is 4.79 Å². The van der Waals surface area contributed by atoms with E-state index < -0.39 is 29.7 Å². The second-order valence-electron chi connectivity index (χ2n) is 8.56. The van der Waals surface area contributed by atoms with E-state index in [1.807, 2.05) is 91.0 Å². The lowest BCUT2D eigenvalue weighted by Gasteiger charge is -2.37. The van der Waals surface area contributed by atoms with Gasteiger partial charge >= 0.3 is 5.69 Å². The predicted molar refractivity (Wildman–Crippen MR) is 133 cm³/mol. The second-order valence-corrected chi connectivity index (χ2v) is 8.56. The Balaban J connectivity index is 1.50. The molecule has 7 nitrogen and oxygen atoms in total. The molecule has 1 aliphatic rings. The Labute approximate surface area is 203 Å². The molecule has 0 bridgehead atoms. The summed E-state index contributed by atoms with van der Waals surface area (Å²) in [5.74, 6) is 0.142. The number of aliphatic hydroxyl groups excluding tert-OH is 1. The molecule has 3 aromatic carbocycles. The maximum Gasteiger partial charge on any atom is 0.351 e. The van der Waals surface area contributed by atoms with E-state index in [1.54, 1.807) is 0 Å². The van der Waals surface area contributed by atoms with Crippen molar-refractivity contribution in [1.82, 2.24) is 9.55 Å². The van der Waals surface area contributed by atoms with E-state index in [2.05, 4.69) is 4.98 Å². The van der Waals surface area contributed by atoms with E-state index in [1.165, 1.54) is 16.8 Å². The summed E-state index contributed by atoms with van der Waals surface area (Å²) in [5.41, 5.74) is 7.04. The number of hydrogen-bond acceptors (Lipinski definition) is 6. The molecule has 1 aromatic heterocycles. The molecule has 0 amide bonds. The Bertz CT molecular complexity index is 1220. The summed E-state index contributed by atoms with van der Waals surface area (Å²) in [6, 6.07) is 31.6.